The van der Waals surface area contributed by atoms with Crippen LogP contribution in [0, 0.1) is 10.1 Å². The highest BCUT2D eigenvalue weighted by molar-refractivity contribution is 6.31. The van der Waals surface area contributed by atoms with E-state index in [1.165, 1.54) is 12.1 Å². The van der Waals surface area contributed by atoms with Gasteiger partial charge in [0.1, 0.15) is 12.4 Å². The van der Waals surface area contributed by atoms with Gasteiger partial charge in [-0.05, 0) is 61.3 Å². The molecule has 0 aliphatic carbocycles. The number of nitro groups is 1. The zero-order valence-electron chi connectivity index (χ0n) is 19.4. The van der Waals surface area contributed by atoms with Crippen molar-refractivity contribution in [2.75, 3.05) is 13.2 Å². The smallest absolute Gasteiger partial charge is 0.269 e. The average molecular weight is 495 g/mol. The summed E-state index contributed by atoms with van der Waals surface area (Å²) >= 11 is 6.53. The number of nitrogens with one attached hydrogen (secondary N) is 2. The average Bonchev–Trinajstić information content (AvgIpc) is 3.27. The molecule has 0 saturated carbocycles. The van der Waals surface area contributed by atoms with E-state index >= 15 is 0 Å². The minimum atomic E-state index is -0.427. The van der Waals surface area contributed by atoms with Crippen molar-refractivity contribution >= 4 is 28.3 Å². The molecule has 2 N–H and O–H groups in total. The van der Waals surface area contributed by atoms with Crippen LogP contribution in [0.5, 0.6) is 11.5 Å². The van der Waals surface area contributed by atoms with Crippen LogP contribution in [0.1, 0.15) is 30.3 Å². The van der Waals surface area contributed by atoms with E-state index in [-0.39, 0.29) is 12.3 Å². The molecule has 1 aromatic heterocycles. The fraction of sp³-hybridized carbons (Fsp3) is 0.269. The van der Waals surface area contributed by atoms with Gasteiger partial charge < -0.3 is 19.8 Å². The standard InChI is InChI=1S/C26H27ClN4O4/c1-2-34-24-14-19(16-28-13-5-8-26-29-22-6-3-4-7-23(22)30-26)21(27)15-25(24)35-17-18-9-11-20(12-10-18)31(32)33/h3-4,6-7,9-12,14-15,28H,2,5,8,13,16-17H2,1H3,(H,29,30). The van der Waals surface area contributed by atoms with Gasteiger partial charge in [0.2, 0.25) is 0 Å². The monoisotopic (exact) mass is 494 g/mol. The van der Waals surface area contributed by atoms with Crippen LogP contribution in [0.3, 0.4) is 0 Å². The number of fused-ring (bicyclic) bond motifs is 1. The molecule has 0 aliphatic heterocycles. The maximum absolute atomic E-state index is 10.8. The molecule has 0 bridgehead atoms. The van der Waals surface area contributed by atoms with Crippen molar-refractivity contribution in [3.05, 3.63) is 92.8 Å². The molecule has 0 fully saturated rings. The Morgan fingerprint density at radius 3 is 2.60 bits per heavy atom. The molecule has 4 rings (SSSR count). The predicted octanol–water partition coefficient (Wildman–Crippen LogP) is 5.82. The van der Waals surface area contributed by atoms with Gasteiger partial charge >= 0.3 is 0 Å². The number of rotatable bonds is 12. The number of nitrogens with zero attached hydrogens (tertiary/aromatic N) is 2. The number of halogens is 1. The zero-order chi connectivity index (χ0) is 24.6. The van der Waals surface area contributed by atoms with Gasteiger partial charge in [0.15, 0.2) is 11.5 Å². The van der Waals surface area contributed by atoms with Crippen molar-refractivity contribution in [3.8, 4) is 11.5 Å². The molecule has 9 heteroatoms. The van der Waals surface area contributed by atoms with Gasteiger partial charge in [-0.15, -0.1) is 0 Å². The van der Waals surface area contributed by atoms with Crippen LogP contribution >= 0.6 is 11.6 Å². The highest BCUT2D eigenvalue weighted by Gasteiger charge is 2.12. The number of nitro benzene ring substituents is 1. The number of para-hydroxylation sites is 2. The molecular formula is C26H27ClN4O4. The van der Waals surface area contributed by atoms with Crippen molar-refractivity contribution in [1.82, 2.24) is 15.3 Å². The Labute approximate surface area is 208 Å². The van der Waals surface area contributed by atoms with E-state index in [9.17, 15) is 10.1 Å². The van der Waals surface area contributed by atoms with Crippen LogP contribution in [-0.4, -0.2) is 28.0 Å². The lowest BCUT2D eigenvalue weighted by molar-refractivity contribution is -0.384. The highest BCUT2D eigenvalue weighted by Crippen LogP contribution is 2.34. The summed E-state index contributed by atoms with van der Waals surface area (Å²) in [7, 11) is 0. The molecule has 0 amide bonds. The molecular weight excluding hydrogens is 468 g/mol. The van der Waals surface area contributed by atoms with Gasteiger partial charge in [0, 0.05) is 36.2 Å². The van der Waals surface area contributed by atoms with Crippen LogP contribution in [-0.2, 0) is 19.6 Å². The SMILES string of the molecule is CCOc1cc(CNCCCc2nc3ccccc3[nH]2)c(Cl)cc1OCc1ccc([N+](=O)[O-])cc1. The third kappa shape index (κ3) is 6.49. The van der Waals surface area contributed by atoms with Crippen molar-refractivity contribution in [3.63, 3.8) is 0 Å². The van der Waals surface area contributed by atoms with E-state index < -0.39 is 4.92 Å². The van der Waals surface area contributed by atoms with E-state index in [2.05, 4.69) is 15.3 Å². The van der Waals surface area contributed by atoms with Crippen LogP contribution in [0.4, 0.5) is 5.69 Å². The fourth-order valence-electron chi connectivity index (χ4n) is 3.70. The first-order valence-corrected chi connectivity index (χ1v) is 11.9. The molecule has 0 radical (unpaired) electrons. The van der Waals surface area contributed by atoms with E-state index in [4.69, 9.17) is 21.1 Å². The molecule has 4 aromatic rings. The molecule has 0 saturated heterocycles. The van der Waals surface area contributed by atoms with Gasteiger partial charge in [-0.1, -0.05) is 23.7 Å². The van der Waals surface area contributed by atoms with Crippen LogP contribution in [0.2, 0.25) is 5.02 Å². The number of benzene rings is 3. The third-order valence-electron chi connectivity index (χ3n) is 5.48. The number of non-ortho nitro benzene ring substituents is 1. The van der Waals surface area contributed by atoms with Crippen molar-refractivity contribution in [2.45, 2.75) is 32.9 Å². The number of hydrogen-bond donors (Lipinski definition) is 2. The fourth-order valence-corrected chi connectivity index (χ4v) is 3.92. The molecule has 0 unspecified atom stereocenters. The Hall–Kier alpha value is -3.62. The molecule has 0 aliphatic rings. The van der Waals surface area contributed by atoms with Gasteiger partial charge in [0.25, 0.3) is 5.69 Å². The number of imidazole rings is 1. The molecule has 3 aromatic carbocycles. The first-order valence-electron chi connectivity index (χ1n) is 11.5. The lowest BCUT2D eigenvalue weighted by Gasteiger charge is -2.15. The first-order chi connectivity index (χ1) is 17.0. The van der Waals surface area contributed by atoms with Crippen molar-refractivity contribution in [1.29, 1.82) is 0 Å². The summed E-state index contributed by atoms with van der Waals surface area (Å²) in [5.74, 6) is 2.13. The number of ether oxygens (including phenoxy) is 2. The number of hydrogen-bond acceptors (Lipinski definition) is 6. The van der Waals surface area contributed by atoms with Gasteiger partial charge in [0.05, 0.1) is 22.6 Å². The van der Waals surface area contributed by atoms with Crippen LogP contribution < -0.4 is 14.8 Å². The number of aromatic amines is 1. The number of aryl methyl sites for hydroxylation is 1. The molecule has 0 spiro atoms. The van der Waals surface area contributed by atoms with Gasteiger partial charge in [-0.2, -0.15) is 0 Å². The Bertz CT molecular complexity index is 1260. The van der Waals surface area contributed by atoms with Crippen LogP contribution in [0.15, 0.2) is 60.7 Å². The minimum absolute atomic E-state index is 0.0428. The number of H-pyrrole nitrogens is 1. The zero-order valence-corrected chi connectivity index (χ0v) is 20.2. The summed E-state index contributed by atoms with van der Waals surface area (Å²) in [6, 6.07) is 17.9. The normalized spacial score (nSPS) is 11.0. The van der Waals surface area contributed by atoms with E-state index in [0.717, 1.165) is 47.4 Å². The topological polar surface area (TPSA) is 102 Å². The van der Waals surface area contributed by atoms with Gasteiger partial charge in [-0.3, -0.25) is 10.1 Å². The maximum Gasteiger partial charge on any atom is 0.269 e. The first kappa shape index (κ1) is 24.5. The lowest BCUT2D eigenvalue weighted by Crippen LogP contribution is -2.16. The summed E-state index contributed by atoms with van der Waals surface area (Å²) < 4.78 is 11.7. The molecule has 1 heterocycles. The third-order valence-corrected chi connectivity index (χ3v) is 5.83. The summed E-state index contributed by atoms with van der Waals surface area (Å²) in [6.07, 6.45) is 1.79. The number of aromatic nitrogens is 2. The quantitative estimate of drug-likeness (QED) is 0.146. The molecule has 35 heavy (non-hydrogen) atoms. The second kappa shape index (κ2) is 11.7. The molecule has 8 nitrogen and oxygen atoms in total. The van der Waals surface area contributed by atoms with Gasteiger partial charge in [-0.25, -0.2) is 4.98 Å². The van der Waals surface area contributed by atoms with E-state index in [0.29, 0.717) is 29.7 Å². The lowest BCUT2D eigenvalue weighted by atomic mass is 10.2. The predicted molar refractivity (Wildman–Crippen MR) is 136 cm³/mol. The second-order valence-corrected chi connectivity index (χ2v) is 8.42. The summed E-state index contributed by atoms with van der Waals surface area (Å²) in [5, 5.41) is 14.8. The van der Waals surface area contributed by atoms with Crippen molar-refractivity contribution in [2.24, 2.45) is 0 Å². The molecule has 0 atom stereocenters. The van der Waals surface area contributed by atoms with Crippen LogP contribution in [0.25, 0.3) is 11.0 Å². The Balaban J connectivity index is 1.31. The van der Waals surface area contributed by atoms with Crippen molar-refractivity contribution < 1.29 is 14.4 Å². The van der Waals surface area contributed by atoms with E-state index in [1.54, 1.807) is 18.2 Å². The second-order valence-electron chi connectivity index (χ2n) is 8.02. The Kier molecular flexibility index (Phi) is 8.18. The minimum Gasteiger partial charge on any atom is -0.490 e. The Morgan fingerprint density at radius 2 is 1.86 bits per heavy atom. The maximum atomic E-state index is 10.8. The molecule has 182 valence electrons. The summed E-state index contributed by atoms with van der Waals surface area (Å²) in [5.41, 5.74) is 3.82. The summed E-state index contributed by atoms with van der Waals surface area (Å²) in [4.78, 5) is 18.4. The van der Waals surface area contributed by atoms with E-state index in [1.807, 2.05) is 37.3 Å². The largest absolute Gasteiger partial charge is 0.490 e. The Morgan fingerprint density at radius 1 is 1.09 bits per heavy atom. The highest BCUT2D eigenvalue weighted by atomic mass is 35.5. The summed E-state index contributed by atoms with van der Waals surface area (Å²) in [6.45, 7) is 4.05.